The Morgan fingerprint density at radius 1 is 1.38 bits per heavy atom. The molecule has 130 valence electrons. The lowest BCUT2D eigenvalue weighted by Crippen LogP contribution is -2.58. The molecule has 1 aromatic carbocycles. The normalized spacial score (nSPS) is 25.9. The second-order valence-electron chi connectivity index (χ2n) is 6.20. The quantitative estimate of drug-likeness (QED) is 0.468. The van der Waals surface area contributed by atoms with Crippen LogP contribution in [0.1, 0.15) is 35.1 Å². The minimum absolute atomic E-state index is 0.0909. The zero-order chi connectivity index (χ0) is 18.3. The number of benzene rings is 1. The summed E-state index contributed by atoms with van der Waals surface area (Å²) in [6.45, 7) is 0. The maximum Gasteiger partial charge on any atom is 0.358 e. The van der Waals surface area contributed by atoms with Crippen molar-refractivity contribution in [2.45, 2.75) is 25.2 Å². The largest absolute Gasteiger partial charge is 0.417 e. The summed E-state index contributed by atoms with van der Waals surface area (Å²) in [6, 6.07) is 8.50. The van der Waals surface area contributed by atoms with E-state index in [1.165, 1.54) is 11.0 Å². The van der Waals surface area contributed by atoms with E-state index in [2.05, 4.69) is 0 Å². The molecule has 4 rings (SSSR count). The van der Waals surface area contributed by atoms with Crippen molar-refractivity contribution in [2.24, 2.45) is 5.92 Å². The molecule has 0 aliphatic carbocycles. The van der Waals surface area contributed by atoms with Gasteiger partial charge in [0.2, 0.25) is 5.91 Å². The van der Waals surface area contributed by atoms with Crippen LogP contribution in [0, 0.1) is 17.2 Å². The van der Waals surface area contributed by atoms with Gasteiger partial charge < -0.3 is 14.4 Å². The van der Waals surface area contributed by atoms with Crippen LogP contribution in [0.2, 0.25) is 0 Å². The van der Waals surface area contributed by atoms with E-state index < -0.39 is 18.2 Å². The summed E-state index contributed by atoms with van der Waals surface area (Å²) in [4.78, 5) is 38.0. The van der Waals surface area contributed by atoms with Gasteiger partial charge in [0.05, 0.1) is 23.6 Å². The van der Waals surface area contributed by atoms with Crippen molar-refractivity contribution in [1.82, 2.24) is 4.90 Å². The highest BCUT2D eigenvalue weighted by molar-refractivity contribution is 6.00. The van der Waals surface area contributed by atoms with E-state index in [0.717, 1.165) is 0 Å². The number of nitriles is 1. The van der Waals surface area contributed by atoms with Gasteiger partial charge >= 0.3 is 11.9 Å². The van der Waals surface area contributed by atoms with Crippen LogP contribution in [0.5, 0.6) is 0 Å². The van der Waals surface area contributed by atoms with Gasteiger partial charge in [0.15, 0.2) is 0 Å². The minimum atomic E-state index is -1.10. The van der Waals surface area contributed by atoms with Crippen LogP contribution in [0.4, 0.5) is 0 Å². The summed E-state index contributed by atoms with van der Waals surface area (Å²) in [5.41, 5.74) is 1.05. The number of carbonyl (C=O) groups is 3. The Kier molecular flexibility index (Phi) is 3.81. The monoisotopic (exact) mass is 350 g/mol. The third-order valence-electron chi connectivity index (χ3n) is 4.82. The Labute approximate surface area is 149 Å². The van der Waals surface area contributed by atoms with Gasteiger partial charge in [0.1, 0.15) is 5.70 Å². The number of ether oxygens (including phenoxy) is 2. The number of nitrogens with zero attached hydrogens (tertiary/aromatic N) is 2. The Morgan fingerprint density at radius 2 is 2.19 bits per heavy atom. The van der Waals surface area contributed by atoms with E-state index in [9.17, 15) is 14.4 Å². The lowest BCUT2D eigenvalue weighted by Gasteiger charge is -2.43. The molecule has 3 atom stereocenters. The van der Waals surface area contributed by atoms with Gasteiger partial charge in [0.25, 0.3) is 6.29 Å². The van der Waals surface area contributed by atoms with E-state index in [1.807, 2.05) is 6.07 Å². The van der Waals surface area contributed by atoms with Crippen LogP contribution >= 0.6 is 0 Å². The molecule has 3 aliphatic rings. The molecule has 1 saturated heterocycles. The van der Waals surface area contributed by atoms with Crippen molar-refractivity contribution >= 4 is 17.8 Å². The molecule has 7 heteroatoms. The highest BCUT2D eigenvalue weighted by atomic mass is 16.7. The number of allylic oxidation sites excluding steroid dienone is 2. The van der Waals surface area contributed by atoms with Crippen molar-refractivity contribution in [3.05, 3.63) is 59.3 Å². The van der Waals surface area contributed by atoms with Crippen LogP contribution in [0.3, 0.4) is 0 Å². The van der Waals surface area contributed by atoms with Gasteiger partial charge in [-0.3, -0.25) is 4.79 Å². The third kappa shape index (κ3) is 2.39. The second kappa shape index (κ2) is 6.15. The number of hydrogen-bond donors (Lipinski definition) is 0. The number of rotatable bonds is 4. The summed E-state index contributed by atoms with van der Waals surface area (Å²) in [5.74, 6) is -1.63. The molecule has 1 aromatic rings. The van der Waals surface area contributed by atoms with E-state index in [-0.39, 0.29) is 23.6 Å². The Bertz CT molecular complexity index is 911. The van der Waals surface area contributed by atoms with Gasteiger partial charge in [-0.25, -0.2) is 9.59 Å². The van der Waals surface area contributed by atoms with Gasteiger partial charge in [-0.05, 0) is 18.9 Å². The number of esters is 2. The summed E-state index contributed by atoms with van der Waals surface area (Å²) in [7, 11) is 0. The average Bonchev–Trinajstić information content (AvgIpc) is 3.18. The maximum absolute atomic E-state index is 12.5. The molecule has 0 aromatic heterocycles. The van der Waals surface area contributed by atoms with E-state index in [0.29, 0.717) is 24.0 Å². The summed E-state index contributed by atoms with van der Waals surface area (Å²) >= 11 is 0. The molecule has 0 N–H and O–H groups in total. The molecular formula is C19H14N2O5. The molecule has 3 unspecified atom stereocenters. The van der Waals surface area contributed by atoms with E-state index in [1.54, 1.807) is 36.4 Å². The molecule has 0 radical (unpaired) electrons. The molecule has 26 heavy (non-hydrogen) atoms. The van der Waals surface area contributed by atoms with Crippen molar-refractivity contribution in [3.8, 4) is 6.07 Å². The number of β-lactam (4-membered cyclic amide) rings is 1. The van der Waals surface area contributed by atoms with E-state index in [4.69, 9.17) is 14.7 Å². The maximum atomic E-state index is 12.5. The molecule has 3 heterocycles. The fourth-order valence-corrected chi connectivity index (χ4v) is 3.57. The van der Waals surface area contributed by atoms with Crippen LogP contribution in [0.25, 0.3) is 0 Å². The Hall–Kier alpha value is -3.40. The van der Waals surface area contributed by atoms with Crippen LogP contribution in [0.15, 0.2) is 48.2 Å². The third-order valence-corrected chi connectivity index (χ3v) is 4.82. The second-order valence-corrected chi connectivity index (χ2v) is 6.20. The van der Waals surface area contributed by atoms with Gasteiger partial charge in [-0.1, -0.05) is 30.4 Å². The van der Waals surface area contributed by atoms with Crippen LogP contribution in [-0.4, -0.2) is 28.8 Å². The average molecular weight is 350 g/mol. The summed E-state index contributed by atoms with van der Waals surface area (Å²) in [5, 5.41) is 8.52. The predicted octanol–water partition coefficient (Wildman–Crippen LogP) is 1.98. The first-order chi connectivity index (χ1) is 12.6. The summed E-state index contributed by atoms with van der Waals surface area (Å²) in [6.07, 6.45) is 4.60. The lowest BCUT2D eigenvalue weighted by atomic mass is 9.85. The first-order valence-electron chi connectivity index (χ1n) is 8.20. The highest BCUT2D eigenvalue weighted by Gasteiger charge is 2.52. The summed E-state index contributed by atoms with van der Waals surface area (Å²) < 4.78 is 10.4. The first kappa shape index (κ1) is 16.1. The van der Waals surface area contributed by atoms with Gasteiger partial charge in [0, 0.05) is 11.6 Å². The Morgan fingerprint density at radius 3 is 3.00 bits per heavy atom. The number of cyclic esters (lactones) is 1. The predicted molar refractivity (Wildman–Crippen MR) is 86.9 cm³/mol. The standard InChI is InChI=1S/C19H14N2O5/c20-10-4-3-7-13-14-8-9-15(21(14)16(13)22)18(24)26-19-12-6-2-1-5-11(12)17(23)25-19/h1-6,9,13-14,19H,7-8H2. The molecule has 7 nitrogen and oxygen atoms in total. The van der Waals surface area contributed by atoms with Crippen molar-refractivity contribution in [1.29, 1.82) is 5.26 Å². The topological polar surface area (TPSA) is 96.7 Å². The molecule has 3 aliphatic heterocycles. The fourth-order valence-electron chi connectivity index (χ4n) is 3.57. The van der Waals surface area contributed by atoms with Gasteiger partial charge in [-0.15, -0.1) is 0 Å². The zero-order valence-electron chi connectivity index (χ0n) is 13.6. The van der Waals surface area contributed by atoms with Crippen LogP contribution < -0.4 is 0 Å². The zero-order valence-corrected chi connectivity index (χ0v) is 13.6. The van der Waals surface area contributed by atoms with Crippen molar-refractivity contribution in [3.63, 3.8) is 0 Å². The number of amides is 1. The Balaban J connectivity index is 1.43. The fraction of sp³-hybridized carbons (Fsp3) is 0.263. The number of fused-ring (bicyclic) bond motifs is 2. The number of carbonyl (C=O) groups excluding carboxylic acids is 3. The number of hydrogen-bond acceptors (Lipinski definition) is 6. The molecular weight excluding hydrogens is 336 g/mol. The smallest absolute Gasteiger partial charge is 0.358 e. The van der Waals surface area contributed by atoms with E-state index >= 15 is 0 Å². The SMILES string of the molecule is N#CC=CCC1C(=O)N2C(C(=O)OC3OC(=O)c4ccccc43)=CCC12. The highest BCUT2D eigenvalue weighted by Crippen LogP contribution is 2.41. The lowest BCUT2D eigenvalue weighted by molar-refractivity contribution is -0.170. The molecule has 0 spiro atoms. The minimum Gasteiger partial charge on any atom is -0.417 e. The first-order valence-corrected chi connectivity index (χ1v) is 8.20. The van der Waals surface area contributed by atoms with Gasteiger partial charge in [-0.2, -0.15) is 5.26 Å². The molecule has 0 saturated carbocycles. The molecule has 1 amide bonds. The van der Waals surface area contributed by atoms with Crippen LogP contribution in [-0.2, 0) is 19.1 Å². The van der Waals surface area contributed by atoms with Crippen molar-refractivity contribution in [2.75, 3.05) is 0 Å². The van der Waals surface area contributed by atoms with Crippen molar-refractivity contribution < 1.29 is 23.9 Å². The molecule has 0 bridgehead atoms. The molecule has 1 fully saturated rings.